The lowest BCUT2D eigenvalue weighted by atomic mass is 9.97. The summed E-state index contributed by atoms with van der Waals surface area (Å²) < 4.78 is 22.7. The van der Waals surface area contributed by atoms with E-state index in [9.17, 15) is 45.6 Å². The van der Waals surface area contributed by atoms with Crippen LogP contribution in [-0.4, -0.2) is 140 Å². The number of nitrogens with one attached hydrogen (secondary N) is 1. The van der Waals surface area contributed by atoms with Crippen molar-refractivity contribution < 1.29 is 64.6 Å². The second-order valence-corrected chi connectivity index (χ2v) is 24.7. The maximum atomic E-state index is 13.2. The Morgan fingerprint density at radius 3 is 1.20 bits per heavy atom. The number of hydrogen-bond acceptors (Lipinski definition) is 13. The molecular weight excluding hydrogens is 1050 g/mol. The maximum Gasteiger partial charge on any atom is 0.220 e. The second kappa shape index (κ2) is 54.4. The summed E-state index contributed by atoms with van der Waals surface area (Å²) >= 11 is 0. The average Bonchev–Trinajstić information content (AvgIpc) is 3.45. The number of unbranched alkanes of at least 4 members (excludes halogenated alkanes) is 40. The fourth-order valence-electron chi connectivity index (χ4n) is 11.5. The van der Waals surface area contributed by atoms with Crippen LogP contribution in [-0.2, 0) is 23.7 Å². The molecule has 0 bridgehead atoms. The van der Waals surface area contributed by atoms with Crippen molar-refractivity contribution in [3.63, 3.8) is 0 Å². The number of aliphatic hydroxyl groups excluding tert-OH is 8. The molecule has 488 valence electrons. The smallest absolute Gasteiger partial charge is 0.220 e. The zero-order chi connectivity index (χ0) is 60.2. The van der Waals surface area contributed by atoms with Crippen LogP contribution in [0.2, 0.25) is 0 Å². The first-order valence-electron chi connectivity index (χ1n) is 34.7. The molecule has 0 saturated carbocycles. The van der Waals surface area contributed by atoms with Gasteiger partial charge in [-0.1, -0.05) is 281 Å². The van der Waals surface area contributed by atoms with Crippen molar-refractivity contribution in [3.05, 3.63) is 36.5 Å². The van der Waals surface area contributed by atoms with Gasteiger partial charge in [0, 0.05) is 6.42 Å². The van der Waals surface area contributed by atoms with E-state index < -0.39 is 86.8 Å². The topological polar surface area (TPSA) is 228 Å². The maximum absolute atomic E-state index is 13.2. The van der Waals surface area contributed by atoms with Gasteiger partial charge in [-0.15, -0.1) is 0 Å². The van der Waals surface area contributed by atoms with Crippen molar-refractivity contribution in [3.8, 4) is 0 Å². The van der Waals surface area contributed by atoms with Gasteiger partial charge in [0.05, 0.1) is 32.0 Å². The van der Waals surface area contributed by atoms with Gasteiger partial charge < -0.3 is 65.1 Å². The number of hydrogen-bond donors (Lipinski definition) is 9. The molecule has 0 aromatic rings. The Kier molecular flexibility index (Phi) is 50.6. The number of amides is 1. The van der Waals surface area contributed by atoms with E-state index in [1.54, 1.807) is 6.08 Å². The van der Waals surface area contributed by atoms with Crippen LogP contribution in [0.4, 0.5) is 0 Å². The molecule has 14 heteroatoms. The van der Waals surface area contributed by atoms with E-state index in [2.05, 4.69) is 43.5 Å². The number of allylic oxidation sites excluding steroid dienone is 5. The highest BCUT2D eigenvalue weighted by molar-refractivity contribution is 5.76. The average molecular weight is 1180 g/mol. The zero-order valence-corrected chi connectivity index (χ0v) is 53.0. The molecule has 2 saturated heterocycles. The van der Waals surface area contributed by atoms with Crippen LogP contribution in [0, 0.1) is 0 Å². The zero-order valence-electron chi connectivity index (χ0n) is 53.0. The molecule has 2 aliphatic heterocycles. The van der Waals surface area contributed by atoms with Crippen LogP contribution in [0.1, 0.15) is 303 Å². The standard InChI is InChI=1S/C69H129NO13/c1-3-5-7-9-11-13-14-15-16-17-18-19-20-21-22-23-24-25-26-27-28-29-30-31-32-33-34-35-36-37-38-39-40-41-42-43-44-45-47-49-51-53-61(74)70-57(58(73)52-50-48-46-12-10-8-6-4-2)56-80-68-66(79)64(77)67(60(55-72)82-68)83-69-65(78)63(76)62(75)59(54-71)81-69/h14-15,17-18,50,52,57-60,62-69,71-73,75-79H,3-13,16,19-49,51,53-56H2,1-2H3,(H,70,74)/b15-14-,18-17-,52-50+. The van der Waals surface area contributed by atoms with Gasteiger partial charge in [-0.25, -0.2) is 0 Å². The van der Waals surface area contributed by atoms with Gasteiger partial charge >= 0.3 is 0 Å². The molecule has 12 atom stereocenters. The molecule has 0 spiro atoms. The van der Waals surface area contributed by atoms with Crippen LogP contribution < -0.4 is 5.32 Å². The number of rotatable bonds is 57. The molecule has 0 radical (unpaired) electrons. The van der Waals surface area contributed by atoms with Crippen LogP contribution in [0.5, 0.6) is 0 Å². The molecule has 0 aromatic carbocycles. The molecule has 0 aliphatic carbocycles. The number of carbonyl (C=O) groups is 1. The predicted molar refractivity (Wildman–Crippen MR) is 337 cm³/mol. The summed E-state index contributed by atoms with van der Waals surface area (Å²) in [5.74, 6) is -0.238. The Labute approximate surface area is 506 Å². The minimum absolute atomic E-state index is 0.238. The molecule has 9 N–H and O–H groups in total. The van der Waals surface area contributed by atoms with E-state index in [0.29, 0.717) is 6.42 Å². The molecule has 2 heterocycles. The third-order valence-corrected chi connectivity index (χ3v) is 17.1. The number of ether oxygens (including phenoxy) is 4. The minimum atomic E-state index is -1.79. The Hall–Kier alpha value is -1.79. The van der Waals surface area contributed by atoms with Crippen molar-refractivity contribution >= 4 is 5.91 Å². The Bertz CT molecular complexity index is 1530. The molecule has 83 heavy (non-hydrogen) atoms. The SMILES string of the molecule is CCCCCCC/C=C\C/C=C\CCCCCCCCCCCCCCCCCCCCCCCCCCCCCCCC(=O)NC(COC1OC(CO)C(OC2OC(CO)C(O)C(O)C2O)C(O)C1O)C(O)/C=C/CCCCCCCC. The third-order valence-electron chi connectivity index (χ3n) is 17.1. The van der Waals surface area contributed by atoms with Crippen molar-refractivity contribution in [1.29, 1.82) is 0 Å². The summed E-state index contributed by atoms with van der Waals surface area (Å²) in [4.78, 5) is 13.2. The molecule has 2 aliphatic rings. The van der Waals surface area contributed by atoms with Crippen LogP contribution in [0.15, 0.2) is 36.5 Å². The van der Waals surface area contributed by atoms with Gasteiger partial charge in [-0.05, 0) is 51.4 Å². The second-order valence-electron chi connectivity index (χ2n) is 24.7. The van der Waals surface area contributed by atoms with Crippen LogP contribution in [0.25, 0.3) is 0 Å². The van der Waals surface area contributed by atoms with Gasteiger partial charge in [0.1, 0.15) is 48.8 Å². The first-order valence-corrected chi connectivity index (χ1v) is 34.7. The Balaban J connectivity index is 1.47. The van der Waals surface area contributed by atoms with Gasteiger partial charge in [-0.3, -0.25) is 4.79 Å². The lowest BCUT2D eigenvalue weighted by Gasteiger charge is -2.46. The normalized spacial score (nSPS) is 24.0. The minimum Gasteiger partial charge on any atom is -0.394 e. The first kappa shape index (κ1) is 77.3. The predicted octanol–water partition coefficient (Wildman–Crippen LogP) is 13.7. The van der Waals surface area contributed by atoms with E-state index in [4.69, 9.17) is 18.9 Å². The Morgan fingerprint density at radius 2 is 0.795 bits per heavy atom. The highest BCUT2D eigenvalue weighted by atomic mass is 16.7. The first-order chi connectivity index (χ1) is 40.6. The van der Waals surface area contributed by atoms with Crippen LogP contribution in [0.3, 0.4) is 0 Å². The monoisotopic (exact) mass is 1180 g/mol. The molecule has 12 unspecified atom stereocenters. The van der Waals surface area contributed by atoms with Gasteiger partial charge in [0.15, 0.2) is 12.6 Å². The largest absolute Gasteiger partial charge is 0.394 e. The fraction of sp³-hybridized carbons (Fsp3) is 0.899. The number of aliphatic hydroxyl groups is 8. The van der Waals surface area contributed by atoms with Crippen molar-refractivity contribution in [2.45, 2.75) is 376 Å². The van der Waals surface area contributed by atoms with Gasteiger partial charge in [0.2, 0.25) is 5.91 Å². The summed E-state index contributed by atoms with van der Waals surface area (Å²) in [7, 11) is 0. The molecule has 2 rings (SSSR count). The third kappa shape index (κ3) is 39.0. The van der Waals surface area contributed by atoms with Gasteiger partial charge in [0.25, 0.3) is 0 Å². The van der Waals surface area contributed by atoms with E-state index >= 15 is 0 Å². The molecule has 14 nitrogen and oxygen atoms in total. The van der Waals surface area contributed by atoms with Crippen molar-refractivity contribution in [2.75, 3.05) is 19.8 Å². The van der Waals surface area contributed by atoms with Crippen molar-refractivity contribution in [1.82, 2.24) is 5.32 Å². The molecule has 2 fully saturated rings. The van der Waals surface area contributed by atoms with E-state index in [0.717, 1.165) is 51.4 Å². The summed E-state index contributed by atoms with van der Waals surface area (Å²) in [5, 5.41) is 86.8. The summed E-state index contributed by atoms with van der Waals surface area (Å²) in [6.45, 7) is 2.75. The summed E-state index contributed by atoms with van der Waals surface area (Å²) in [6, 6.07) is -0.909. The number of carbonyl (C=O) groups excluding carboxylic acids is 1. The molecular formula is C69H129NO13. The van der Waals surface area contributed by atoms with Crippen molar-refractivity contribution in [2.24, 2.45) is 0 Å². The Morgan fingerprint density at radius 1 is 0.434 bits per heavy atom. The fourth-order valence-corrected chi connectivity index (χ4v) is 11.5. The summed E-state index contributed by atoms with van der Waals surface area (Å²) in [6.07, 6.45) is 52.8. The quantitative estimate of drug-likeness (QED) is 0.0204. The van der Waals surface area contributed by atoms with E-state index in [1.165, 1.54) is 225 Å². The highest BCUT2D eigenvalue weighted by Crippen LogP contribution is 2.30. The lowest BCUT2D eigenvalue weighted by Crippen LogP contribution is -2.65. The lowest BCUT2D eigenvalue weighted by molar-refractivity contribution is -0.359. The van der Waals surface area contributed by atoms with Gasteiger partial charge in [-0.2, -0.15) is 0 Å². The van der Waals surface area contributed by atoms with E-state index in [1.807, 2.05) is 6.08 Å². The highest BCUT2D eigenvalue weighted by Gasteiger charge is 2.51. The van der Waals surface area contributed by atoms with Crippen LogP contribution >= 0.6 is 0 Å². The van der Waals surface area contributed by atoms with E-state index in [-0.39, 0.29) is 18.9 Å². The summed E-state index contributed by atoms with van der Waals surface area (Å²) in [5.41, 5.74) is 0. The molecule has 1 amide bonds. The molecule has 0 aromatic heterocycles.